The van der Waals surface area contributed by atoms with Crippen molar-refractivity contribution in [1.82, 2.24) is 0 Å². The van der Waals surface area contributed by atoms with Gasteiger partial charge in [0.05, 0.1) is 30.8 Å². The molecule has 1 aromatic carbocycles. The highest BCUT2D eigenvalue weighted by Gasteiger charge is 2.15. The molecule has 20 heavy (non-hydrogen) atoms. The first-order valence-corrected chi connectivity index (χ1v) is 6.22. The molecule has 0 amide bonds. The number of methoxy groups -OCH3 is 1. The van der Waals surface area contributed by atoms with E-state index in [0.717, 1.165) is 0 Å². The molecule has 0 aromatic heterocycles. The van der Waals surface area contributed by atoms with E-state index in [9.17, 15) is 15.2 Å². The Labute approximate surface area is 117 Å². The smallest absolute Gasteiger partial charge is 0.270 e. The van der Waals surface area contributed by atoms with Gasteiger partial charge in [-0.1, -0.05) is 0 Å². The van der Waals surface area contributed by atoms with Gasteiger partial charge in [0.1, 0.15) is 12.4 Å². The number of aliphatic hydroxyl groups excluding tert-OH is 1. The van der Waals surface area contributed by atoms with Crippen molar-refractivity contribution in [3.8, 4) is 5.75 Å². The van der Waals surface area contributed by atoms with Crippen LogP contribution in [-0.4, -0.2) is 43.6 Å². The third-order valence-electron chi connectivity index (χ3n) is 2.57. The number of nitro groups is 1. The average Bonchev–Trinajstić information content (AvgIpc) is 2.42. The number of non-ortho nitro benzene ring substituents is 1. The lowest BCUT2D eigenvalue weighted by Gasteiger charge is -2.13. The molecule has 0 heterocycles. The molecule has 0 fully saturated rings. The van der Waals surface area contributed by atoms with Crippen LogP contribution in [0.2, 0.25) is 0 Å². The van der Waals surface area contributed by atoms with Crippen LogP contribution in [-0.2, 0) is 9.47 Å². The number of nitro benzene ring substituents is 1. The van der Waals surface area contributed by atoms with Gasteiger partial charge >= 0.3 is 0 Å². The van der Waals surface area contributed by atoms with Gasteiger partial charge in [-0.05, 0) is 13.0 Å². The second-order valence-corrected chi connectivity index (χ2v) is 4.11. The minimum Gasteiger partial charge on any atom is -0.491 e. The molecule has 0 aliphatic heterocycles. The molecule has 1 unspecified atom stereocenters. The summed E-state index contributed by atoms with van der Waals surface area (Å²) in [6.07, 6.45) is -0.848. The van der Waals surface area contributed by atoms with Crippen molar-refractivity contribution >= 4 is 5.69 Å². The molecule has 0 aliphatic rings. The van der Waals surface area contributed by atoms with Crippen LogP contribution >= 0.6 is 0 Å². The van der Waals surface area contributed by atoms with Gasteiger partial charge in [0.2, 0.25) is 0 Å². The van der Waals surface area contributed by atoms with E-state index in [1.807, 2.05) is 0 Å². The Morgan fingerprint density at radius 2 is 2.00 bits per heavy atom. The summed E-state index contributed by atoms with van der Waals surface area (Å²) in [6, 6.07) is 4.13. The molecule has 1 N–H and O–H groups in total. The molecule has 1 aromatic rings. The van der Waals surface area contributed by atoms with Crippen molar-refractivity contribution in [2.75, 3.05) is 33.5 Å². The summed E-state index contributed by atoms with van der Waals surface area (Å²) in [6.45, 7) is 3.18. The lowest BCUT2D eigenvalue weighted by atomic mass is 10.1. The van der Waals surface area contributed by atoms with E-state index in [1.165, 1.54) is 25.1 Å². The Hall–Kier alpha value is -1.70. The highest BCUT2D eigenvalue weighted by molar-refractivity contribution is 5.44. The van der Waals surface area contributed by atoms with Crippen molar-refractivity contribution in [2.45, 2.75) is 13.0 Å². The molecule has 0 saturated carbocycles. The van der Waals surface area contributed by atoms with Crippen molar-refractivity contribution in [3.63, 3.8) is 0 Å². The monoisotopic (exact) mass is 285 g/mol. The van der Waals surface area contributed by atoms with Gasteiger partial charge in [-0.3, -0.25) is 10.1 Å². The number of aliphatic hydroxyl groups is 1. The Bertz CT molecular complexity index is 435. The zero-order valence-electron chi connectivity index (χ0n) is 11.6. The quantitative estimate of drug-likeness (QED) is 0.422. The zero-order chi connectivity index (χ0) is 15.0. The first-order valence-electron chi connectivity index (χ1n) is 6.22. The van der Waals surface area contributed by atoms with E-state index in [1.54, 1.807) is 7.11 Å². The average molecular weight is 285 g/mol. The van der Waals surface area contributed by atoms with Crippen molar-refractivity contribution < 1.29 is 24.2 Å². The predicted molar refractivity (Wildman–Crippen MR) is 71.9 cm³/mol. The molecular formula is C13H19NO6. The number of nitrogens with zero attached hydrogens (tertiary/aromatic N) is 1. The molecule has 1 rings (SSSR count). The largest absolute Gasteiger partial charge is 0.491 e. The van der Waals surface area contributed by atoms with Crippen LogP contribution in [0.1, 0.15) is 18.6 Å². The fraction of sp³-hybridized carbons (Fsp3) is 0.538. The second-order valence-electron chi connectivity index (χ2n) is 4.11. The number of hydrogen-bond donors (Lipinski definition) is 1. The fourth-order valence-corrected chi connectivity index (χ4v) is 1.56. The van der Waals surface area contributed by atoms with Gasteiger partial charge in [-0.15, -0.1) is 0 Å². The van der Waals surface area contributed by atoms with Crippen LogP contribution in [0, 0.1) is 10.1 Å². The van der Waals surface area contributed by atoms with Gasteiger partial charge in [0.25, 0.3) is 5.69 Å². The summed E-state index contributed by atoms with van der Waals surface area (Å²) in [5.41, 5.74) is 0.306. The van der Waals surface area contributed by atoms with Gasteiger partial charge < -0.3 is 19.3 Å². The van der Waals surface area contributed by atoms with Crippen molar-refractivity contribution in [2.24, 2.45) is 0 Å². The van der Waals surface area contributed by atoms with E-state index in [4.69, 9.17) is 14.2 Å². The molecular weight excluding hydrogens is 266 g/mol. The first-order chi connectivity index (χ1) is 9.56. The molecule has 1 atom stereocenters. The van der Waals surface area contributed by atoms with E-state index in [-0.39, 0.29) is 5.69 Å². The number of ether oxygens (including phenoxy) is 3. The minimum atomic E-state index is -0.848. The van der Waals surface area contributed by atoms with E-state index >= 15 is 0 Å². The van der Waals surface area contributed by atoms with Crippen LogP contribution in [0.15, 0.2) is 18.2 Å². The number of hydrogen-bond acceptors (Lipinski definition) is 6. The number of rotatable bonds is 9. The highest BCUT2D eigenvalue weighted by atomic mass is 16.6. The van der Waals surface area contributed by atoms with Gasteiger partial charge in [-0.2, -0.15) is 0 Å². The highest BCUT2D eigenvalue weighted by Crippen LogP contribution is 2.29. The molecule has 112 valence electrons. The third-order valence-corrected chi connectivity index (χ3v) is 2.57. The Kier molecular flexibility index (Phi) is 6.92. The van der Waals surface area contributed by atoms with Crippen molar-refractivity contribution in [1.29, 1.82) is 0 Å². The Morgan fingerprint density at radius 3 is 2.60 bits per heavy atom. The Morgan fingerprint density at radius 1 is 1.30 bits per heavy atom. The molecule has 0 spiro atoms. The van der Waals surface area contributed by atoms with Crippen LogP contribution in [0.5, 0.6) is 5.75 Å². The van der Waals surface area contributed by atoms with Gasteiger partial charge in [0.15, 0.2) is 0 Å². The molecule has 7 nitrogen and oxygen atoms in total. The lowest BCUT2D eigenvalue weighted by molar-refractivity contribution is -0.385. The third kappa shape index (κ3) is 5.12. The molecule has 0 aliphatic carbocycles. The van der Waals surface area contributed by atoms with E-state index in [0.29, 0.717) is 37.7 Å². The summed E-state index contributed by atoms with van der Waals surface area (Å²) < 4.78 is 15.5. The summed E-state index contributed by atoms with van der Waals surface area (Å²) in [5.74, 6) is 0.418. The standard InChI is InChI=1S/C13H19NO6/c1-10(15)12-9-11(14(16)17)3-4-13(12)20-8-7-19-6-5-18-2/h3-4,9-10,15H,5-8H2,1-2H3. The molecule has 0 bridgehead atoms. The summed E-state index contributed by atoms with van der Waals surface area (Å²) >= 11 is 0. The number of benzene rings is 1. The Balaban J connectivity index is 2.58. The maximum absolute atomic E-state index is 10.7. The predicted octanol–water partition coefficient (Wildman–Crippen LogP) is 1.69. The summed E-state index contributed by atoms with van der Waals surface area (Å²) in [7, 11) is 1.59. The second kappa shape index (κ2) is 8.47. The SMILES string of the molecule is COCCOCCOc1ccc([N+](=O)[O-])cc1C(C)O. The molecule has 0 radical (unpaired) electrons. The topological polar surface area (TPSA) is 91.1 Å². The molecule has 7 heteroatoms. The van der Waals surface area contributed by atoms with Gasteiger partial charge in [0, 0.05) is 24.8 Å². The first kappa shape index (κ1) is 16.4. The zero-order valence-corrected chi connectivity index (χ0v) is 11.6. The maximum atomic E-state index is 10.7. The minimum absolute atomic E-state index is 0.0791. The van der Waals surface area contributed by atoms with E-state index in [2.05, 4.69) is 0 Å². The fourth-order valence-electron chi connectivity index (χ4n) is 1.56. The molecule has 0 saturated heterocycles. The van der Waals surface area contributed by atoms with Gasteiger partial charge in [-0.25, -0.2) is 0 Å². The van der Waals surface area contributed by atoms with Crippen LogP contribution in [0.4, 0.5) is 5.69 Å². The summed E-state index contributed by atoms with van der Waals surface area (Å²) in [4.78, 5) is 10.2. The van der Waals surface area contributed by atoms with Crippen LogP contribution < -0.4 is 4.74 Å². The lowest BCUT2D eigenvalue weighted by Crippen LogP contribution is -2.11. The van der Waals surface area contributed by atoms with E-state index < -0.39 is 11.0 Å². The maximum Gasteiger partial charge on any atom is 0.270 e. The van der Waals surface area contributed by atoms with Crippen molar-refractivity contribution in [3.05, 3.63) is 33.9 Å². The van der Waals surface area contributed by atoms with Crippen LogP contribution in [0.25, 0.3) is 0 Å². The summed E-state index contributed by atoms with van der Waals surface area (Å²) in [5, 5.41) is 20.3. The van der Waals surface area contributed by atoms with Crippen LogP contribution in [0.3, 0.4) is 0 Å². The normalized spacial score (nSPS) is 12.2.